The number of nitrogens with two attached hydrogens (primary N) is 1. The van der Waals surface area contributed by atoms with Crippen LogP contribution in [0.15, 0.2) is 0 Å². The largest absolute Gasteiger partial charge is 0.458 e. The van der Waals surface area contributed by atoms with E-state index in [4.69, 9.17) is 15.2 Å². The van der Waals surface area contributed by atoms with Crippen molar-refractivity contribution >= 4 is 18.2 Å². The summed E-state index contributed by atoms with van der Waals surface area (Å²) in [6, 6.07) is -0.558. The lowest BCUT2D eigenvalue weighted by Crippen LogP contribution is -2.65. The average Bonchev–Trinajstić information content (AvgIpc) is 2.89. The predicted octanol–water partition coefficient (Wildman–Crippen LogP) is 1.03. The van der Waals surface area contributed by atoms with Crippen molar-refractivity contribution in [3.63, 3.8) is 0 Å². The molecule has 0 aromatic carbocycles. The third-order valence-electron chi connectivity index (χ3n) is 3.59. The Labute approximate surface area is 143 Å². The fourth-order valence-corrected chi connectivity index (χ4v) is 2.35. The highest BCUT2D eigenvalue weighted by Crippen LogP contribution is 2.23. The van der Waals surface area contributed by atoms with Crippen LogP contribution in [0.5, 0.6) is 0 Å². The van der Waals surface area contributed by atoms with Gasteiger partial charge in [-0.1, -0.05) is 0 Å². The van der Waals surface area contributed by atoms with Crippen molar-refractivity contribution in [2.45, 2.75) is 77.2 Å². The van der Waals surface area contributed by atoms with Crippen LogP contribution in [-0.4, -0.2) is 59.0 Å². The minimum absolute atomic E-state index is 0.313. The second-order valence-corrected chi connectivity index (χ2v) is 8.22. The van der Waals surface area contributed by atoms with Gasteiger partial charge in [0.05, 0.1) is 18.2 Å². The van der Waals surface area contributed by atoms with Gasteiger partial charge in [0.15, 0.2) is 0 Å². The van der Waals surface area contributed by atoms with Crippen molar-refractivity contribution in [3.05, 3.63) is 0 Å². The Balaban J connectivity index is 3.09. The molecule has 0 radical (unpaired) electrons. The quantitative estimate of drug-likeness (QED) is 0.455. The molecule has 7 nitrogen and oxygen atoms in total. The van der Waals surface area contributed by atoms with Crippen molar-refractivity contribution in [1.82, 2.24) is 4.90 Å². The van der Waals surface area contributed by atoms with Gasteiger partial charge in [-0.15, -0.1) is 0 Å². The highest BCUT2D eigenvalue weighted by atomic mass is 16.6. The first kappa shape index (κ1) is 20.6. The molecule has 0 aromatic heterocycles. The monoisotopic (exact) mass is 342 g/mol. The van der Waals surface area contributed by atoms with Gasteiger partial charge >= 0.3 is 5.97 Å². The van der Waals surface area contributed by atoms with E-state index < -0.39 is 34.7 Å². The second-order valence-electron chi connectivity index (χ2n) is 8.22. The summed E-state index contributed by atoms with van der Waals surface area (Å²) in [7, 11) is 0. The first-order chi connectivity index (χ1) is 10.8. The van der Waals surface area contributed by atoms with Crippen LogP contribution in [0.2, 0.25) is 0 Å². The van der Waals surface area contributed by atoms with E-state index in [0.29, 0.717) is 25.7 Å². The lowest BCUT2D eigenvalue weighted by molar-refractivity contribution is -0.172. The predicted molar refractivity (Wildman–Crippen MR) is 89.3 cm³/mol. The third kappa shape index (κ3) is 5.27. The van der Waals surface area contributed by atoms with Gasteiger partial charge in [-0.05, 0) is 54.4 Å². The molecule has 2 N–H and O–H groups in total. The molecule has 1 aliphatic rings. The zero-order chi connectivity index (χ0) is 18.8. The molecule has 0 aliphatic carbocycles. The van der Waals surface area contributed by atoms with Crippen molar-refractivity contribution in [1.29, 1.82) is 0 Å². The summed E-state index contributed by atoms with van der Waals surface area (Å²) in [6.45, 7) is 10.6. The number of carbonyl (C=O) groups is 3. The third-order valence-corrected chi connectivity index (χ3v) is 3.59. The summed E-state index contributed by atoms with van der Waals surface area (Å²) in [6.07, 6.45) is 1.98. The fraction of sp³-hybridized carbons (Fsp3) is 0.824. The molecular formula is C17H30N2O5. The summed E-state index contributed by atoms with van der Waals surface area (Å²) >= 11 is 0. The van der Waals surface area contributed by atoms with E-state index in [0.717, 1.165) is 0 Å². The highest BCUT2D eigenvalue weighted by molar-refractivity contribution is 6.08. The number of rotatable bonds is 5. The van der Waals surface area contributed by atoms with Gasteiger partial charge in [0.25, 0.3) is 5.91 Å². The van der Waals surface area contributed by atoms with E-state index in [1.54, 1.807) is 41.5 Å². The Kier molecular flexibility index (Phi) is 6.16. The van der Waals surface area contributed by atoms with Crippen LogP contribution in [0.3, 0.4) is 0 Å². The van der Waals surface area contributed by atoms with Crippen molar-refractivity contribution < 1.29 is 23.9 Å². The number of hydrogen-bond acceptors (Lipinski definition) is 6. The second kappa shape index (κ2) is 7.19. The molecule has 1 amide bonds. The molecule has 2 atom stereocenters. The van der Waals surface area contributed by atoms with Crippen LogP contribution in [0.1, 0.15) is 54.4 Å². The Morgan fingerprint density at radius 2 is 1.75 bits per heavy atom. The van der Waals surface area contributed by atoms with Gasteiger partial charge in [0.1, 0.15) is 11.9 Å². The molecule has 7 heteroatoms. The molecule has 0 saturated carbocycles. The highest BCUT2D eigenvalue weighted by Gasteiger charge is 2.50. The molecular weight excluding hydrogens is 312 g/mol. The maximum atomic E-state index is 12.9. The summed E-state index contributed by atoms with van der Waals surface area (Å²) < 4.78 is 11.0. The van der Waals surface area contributed by atoms with Gasteiger partial charge in [-0.25, -0.2) is 4.79 Å². The summed E-state index contributed by atoms with van der Waals surface area (Å²) in [5, 5.41) is 0. The van der Waals surface area contributed by atoms with Crippen LogP contribution in [-0.2, 0) is 23.9 Å². The molecule has 0 aromatic rings. The van der Waals surface area contributed by atoms with E-state index in [1.165, 1.54) is 4.90 Å². The van der Waals surface area contributed by atoms with Crippen molar-refractivity contribution in [3.8, 4) is 0 Å². The SMILES string of the molecule is CC(C)(C)OC[C@@](N)(C(=O)OC(C)(C)C)C(=O)N1CCC[C@H]1C=O. The van der Waals surface area contributed by atoms with E-state index in [2.05, 4.69) is 0 Å². The Morgan fingerprint density at radius 3 is 2.21 bits per heavy atom. The number of esters is 1. The fourth-order valence-electron chi connectivity index (χ4n) is 2.35. The van der Waals surface area contributed by atoms with Crippen LogP contribution in [0.4, 0.5) is 0 Å². The molecule has 0 spiro atoms. The number of hydrogen-bond donors (Lipinski definition) is 1. The van der Waals surface area contributed by atoms with Crippen LogP contribution in [0.25, 0.3) is 0 Å². The molecule has 1 fully saturated rings. The van der Waals surface area contributed by atoms with Crippen molar-refractivity contribution in [2.24, 2.45) is 5.73 Å². The summed E-state index contributed by atoms with van der Waals surface area (Å²) in [5.41, 5.74) is 2.84. The maximum Gasteiger partial charge on any atom is 0.338 e. The number of ether oxygens (including phenoxy) is 2. The van der Waals surface area contributed by atoms with Gasteiger partial charge in [0.2, 0.25) is 5.54 Å². The zero-order valence-electron chi connectivity index (χ0n) is 15.5. The minimum Gasteiger partial charge on any atom is -0.458 e. The van der Waals surface area contributed by atoms with Gasteiger partial charge in [-0.2, -0.15) is 0 Å². The molecule has 138 valence electrons. The number of likely N-dealkylation sites (tertiary alicyclic amines) is 1. The molecule has 24 heavy (non-hydrogen) atoms. The number of carbonyl (C=O) groups excluding carboxylic acids is 3. The van der Waals surface area contributed by atoms with E-state index >= 15 is 0 Å². The number of aldehydes is 1. The van der Waals surface area contributed by atoms with Crippen LogP contribution >= 0.6 is 0 Å². The lowest BCUT2D eigenvalue weighted by atomic mass is 9.98. The summed E-state index contributed by atoms with van der Waals surface area (Å²) in [5.74, 6) is -1.48. The number of amides is 1. The van der Waals surface area contributed by atoms with Crippen LogP contribution in [0, 0.1) is 0 Å². The molecule has 1 aliphatic heterocycles. The number of nitrogens with zero attached hydrogens (tertiary/aromatic N) is 1. The van der Waals surface area contributed by atoms with Gasteiger partial charge < -0.3 is 24.9 Å². The van der Waals surface area contributed by atoms with E-state index in [9.17, 15) is 14.4 Å². The molecule has 0 bridgehead atoms. The standard InChI is InChI=1S/C17H30N2O5/c1-15(2,3)23-11-17(18,14(22)24-16(4,5)6)13(21)19-9-7-8-12(19)10-20/h10,12H,7-9,11,18H2,1-6H3/t12-,17-/m0/s1. The van der Waals surface area contributed by atoms with E-state index in [1.807, 2.05) is 0 Å². The minimum atomic E-state index is -1.98. The normalized spacial score (nSPS) is 21.3. The first-order valence-corrected chi connectivity index (χ1v) is 8.23. The Hall–Kier alpha value is -1.47. The van der Waals surface area contributed by atoms with E-state index in [-0.39, 0.29) is 6.61 Å². The average molecular weight is 342 g/mol. The zero-order valence-corrected chi connectivity index (χ0v) is 15.5. The molecule has 0 unspecified atom stereocenters. The maximum absolute atomic E-state index is 12.9. The van der Waals surface area contributed by atoms with Gasteiger partial charge in [0, 0.05) is 6.54 Å². The first-order valence-electron chi connectivity index (χ1n) is 8.23. The summed E-state index contributed by atoms with van der Waals surface area (Å²) in [4.78, 5) is 38.1. The van der Waals surface area contributed by atoms with Crippen LogP contribution < -0.4 is 5.73 Å². The topological polar surface area (TPSA) is 98.9 Å². The lowest BCUT2D eigenvalue weighted by Gasteiger charge is -2.35. The Morgan fingerprint density at radius 1 is 1.17 bits per heavy atom. The smallest absolute Gasteiger partial charge is 0.338 e. The molecule has 1 saturated heterocycles. The molecule has 1 heterocycles. The Bertz CT molecular complexity index is 492. The molecule has 1 rings (SSSR count). The van der Waals surface area contributed by atoms with Crippen molar-refractivity contribution in [2.75, 3.05) is 13.2 Å². The van der Waals surface area contributed by atoms with Gasteiger partial charge in [-0.3, -0.25) is 4.79 Å².